The van der Waals surface area contributed by atoms with Crippen LogP contribution in [0, 0.1) is 0 Å². The molecule has 1 aliphatic carbocycles. The first kappa shape index (κ1) is 21.7. The average Bonchev–Trinajstić information content (AvgIpc) is 3.59. The Morgan fingerprint density at radius 1 is 1.03 bits per heavy atom. The van der Waals surface area contributed by atoms with Crippen LogP contribution in [0.25, 0.3) is 17.1 Å². The van der Waals surface area contributed by atoms with Gasteiger partial charge in [-0.15, -0.1) is 10.2 Å². The van der Waals surface area contributed by atoms with Crippen molar-refractivity contribution in [2.45, 2.75) is 36.9 Å². The molecule has 9 heteroatoms. The van der Waals surface area contributed by atoms with E-state index in [2.05, 4.69) is 20.6 Å². The number of hydrogen-bond acceptors (Lipinski definition) is 5. The molecule has 0 radical (unpaired) electrons. The van der Waals surface area contributed by atoms with Gasteiger partial charge in [-0.05, 0) is 37.1 Å². The molecule has 0 unspecified atom stereocenters. The lowest BCUT2D eigenvalue weighted by Gasteiger charge is -2.14. The SMILES string of the molecule is O=C(CSc1nnc(-c2ccccc2)n1-c1ccc(Cl)cc1)Nc1ccnn1C1CCCC1. The number of nitrogens with one attached hydrogen (secondary N) is 1. The summed E-state index contributed by atoms with van der Waals surface area (Å²) in [5.41, 5.74) is 1.82. The first-order valence-corrected chi connectivity index (χ1v) is 12.3. The maximum Gasteiger partial charge on any atom is 0.235 e. The van der Waals surface area contributed by atoms with Gasteiger partial charge in [0.1, 0.15) is 5.82 Å². The Kier molecular flexibility index (Phi) is 6.46. The molecule has 0 saturated heterocycles. The van der Waals surface area contributed by atoms with Crippen molar-refractivity contribution in [1.82, 2.24) is 24.5 Å². The number of hydrogen-bond donors (Lipinski definition) is 1. The van der Waals surface area contributed by atoms with E-state index in [4.69, 9.17) is 11.6 Å². The molecule has 33 heavy (non-hydrogen) atoms. The number of carbonyl (C=O) groups is 1. The van der Waals surface area contributed by atoms with Gasteiger partial charge in [0.2, 0.25) is 5.91 Å². The quantitative estimate of drug-likeness (QED) is 0.348. The summed E-state index contributed by atoms with van der Waals surface area (Å²) >= 11 is 7.44. The predicted molar refractivity (Wildman–Crippen MR) is 131 cm³/mol. The minimum absolute atomic E-state index is 0.105. The highest BCUT2D eigenvalue weighted by molar-refractivity contribution is 7.99. The minimum atomic E-state index is -0.105. The van der Waals surface area contributed by atoms with Gasteiger partial charge in [-0.2, -0.15) is 5.10 Å². The Labute approximate surface area is 201 Å². The minimum Gasteiger partial charge on any atom is -0.310 e. The van der Waals surface area contributed by atoms with Gasteiger partial charge < -0.3 is 5.32 Å². The van der Waals surface area contributed by atoms with Crippen LogP contribution >= 0.6 is 23.4 Å². The molecule has 2 aromatic heterocycles. The fourth-order valence-electron chi connectivity index (χ4n) is 4.12. The maximum atomic E-state index is 12.8. The van der Waals surface area contributed by atoms with Crippen LogP contribution in [0.2, 0.25) is 5.02 Å². The second kappa shape index (κ2) is 9.80. The van der Waals surface area contributed by atoms with Crippen molar-refractivity contribution in [2.24, 2.45) is 0 Å². The Hall–Kier alpha value is -3.10. The number of thioether (sulfide) groups is 1. The van der Waals surface area contributed by atoms with Crippen LogP contribution in [0.5, 0.6) is 0 Å². The van der Waals surface area contributed by atoms with Gasteiger partial charge in [0.05, 0.1) is 18.0 Å². The van der Waals surface area contributed by atoms with Gasteiger partial charge in [0.25, 0.3) is 0 Å². The van der Waals surface area contributed by atoms with E-state index in [1.807, 2.05) is 69.9 Å². The van der Waals surface area contributed by atoms with Crippen LogP contribution in [-0.4, -0.2) is 36.2 Å². The molecule has 1 N–H and O–H groups in total. The van der Waals surface area contributed by atoms with Crippen LogP contribution < -0.4 is 5.32 Å². The molecule has 2 aromatic carbocycles. The van der Waals surface area contributed by atoms with E-state index in [0.717, 1.165) is 29.9 Å². The number of anilines is 1. The Bertz CT molecular complexity index is 1230. The number of rotatable bonds is 7. The van der Waals surface area contributed by atoms with E-state index >= 15 is 0 Å². The number of aromatic nitrogens is 5. The Morgan fingerprint density at radius 2 is 1.79 bits per heavy atom. The molecule has 1 saturated carbocycles. The van der Waals surface area contributed by atoms with E-state index in [9.17, 15) is 4.79 Å². The summed E-state index contributed by atoms with van der Waals surface area (Å²) < 4.78 is 3.89. The van der Waals surface area contributed by atoms with Gasteiger partial charge in [-0.3, -0.25) is 9.36 Å². The van der Waals surface area contributed by atoms with Crippen molar-refractivity contribution in [1.29, 1.82) is 0 Å². The largest absolute Gasteiger partial charge is 0.310 e. The zero-order chi connectivity index (χ0) is 22.6. The topological polar surface area (TPSA) is 77.6 Å². The molecule has 168 valence electrons. The van der Waals surface area contributed by atoms with Crippen molar-refractivity contribution < 1.29 is 4.79 Å². The van der Waals surface area contributed by atoms with E-state index in [1.165, 1.54) is 24.6 Å². The number of amides is 1. The number of halogens is 1. The third-order valence-corrected chi connectivity index (χ3v) is 6.87. The lowest BCUT2D eigenvalue weighted by Crippen LogP contribution is -2.19. The predicted octanol–water partition coefficient (Wildman–Crippen LogP) is 5.63. The second-order valence-electron chi connectivity index (χ2n) is 7.92. The highest BCUT2D eigenvalue weighted by Gasteiger charge is 2.21. The molecule has 0 bridgehead atoms. The molecule has 5 rings (SSSR count). The summed E-state index contributed by atoms with van der Waals surface area (Å²) in [6.45, 7) is 0. The molecule has 1 fully saturated rings. The van der Waals surface area contributed by atoms with E-state index in [0.29, 0.717) is 22.0 Å². The average molecular weight is 479 g/mol. The molecule has 0 aliphatic heterocycles. The van der Waals surface area contributed by atoms with E-state index < -0.39 is 0 Å². The van der Waals surface area contributed by atoms with Crippen LogP contribution in [-0.2, 0) is 4.79 Å². The molecule has 0 atom stereocenters. The molecule has 0 spiro atoms. The summed E-state index contributed by atoms with van der Waals surface area (Å²) in [5, 5.41) is 17.5. The maximum absolute atomic E-state index is 12.8. The summed E-state index contributed by atoms with van der Waals surface area (Å²) in [6, 6.07) is 19.6. The second-order valence-corrected chi connectivity index (χ2v) is 9.30. The van der Waals surface area contributed by atoms with Crippen molar-refractivity contribution >= 4 is 35.1 Å². The van der Waals surface area contributed by atoms with E-state index in [1.54, 1.807) is 6.20 Å². The van der Waals surface area contributed by atoms with Gasteiger partial charge >= 0.3 is 0 Å². The van der Waals surface area contributed by atoms with Gasteiger partial charge in [0.15, 0.2) is 11.0 Å². The highest BCUT2D eigenvalue weighted by atomic mass is 35.5. The monoisotopic (exact) mass is 478 g/mol. The van der Waals surface area contributed by atoms with Crippen LogP contribution in [0.1, 0.15) is 31.7 Å². The molecule has 4 aromatic rings. The van der Waals surface area contributed by atoms with E-state index in [-0.39, 0.29) is 11.7 Å². The summed E-state index contributed by atoms with van der Waals surface area (Å²) in [5.74, 6) is 1.56. The molecular weight excluding hydrogens is 456 g/mol. The first-order valence-electron chi connectivity index (χ1n) is 10.9. The number of benzene rings is 2. The number of carbonyl (C=O) groups excluding carboxylic acids is 1. The van der Waals surface area contributed by atoms with Gasteiger partial charge in [-0.1, -0.05) is 66.5 Å². The zero-order valence-corrected chi connectivity index (χ0v) is 19.5. The van der Waals surface area contributed by atoms with Crippen molar-refractivity contribution in [3.05, 3.63) is 71.9 Å². The molecule has 7 nitrogen and oxygen atoms in total. The van der Waals surface area contributed by atoms with Gasteiger partial charge in [-0.25, -0.2) is 4.68 Å². The third-order valence-electron chi connectivity index (χ3n) is 5.69. The summed E-state index contributed by atoms with van der Waals surface area (Å²) in [6.07, 6.45) is 6.36. The molecular formula is C24H23ClN6OS. The molecule has 1 aliphatic rings. The van der Waals surface area contributed by atoms with Crippen LogP contribution in [0.4, 0.5) is 5.82 Å². The fraction of sp³-hybridized carbons (Fsp3) is 0.250. The Morgan fingerprint density at radius 3 is 2.55 bits per heavy atom. The van der Waals surface area contributed by atoms with Crippen molar-refractivity contribution in [3.63, 3.8) is 0 Å². The van der Waals surface area contributed by atoms with Crippen molar-refractivity contribution in [3.8, 4) is 17.1 Å². The Balaban J connectivity index is 1.35. The first-order chi connectivity index (χ1) is 16.2. The summed E-state index contributed by atoms with van der Waals surface area (Å²) in [7, 11) is 0. The third kappa shape index (κ3) is 4.82. The van der Waals surface area contributed by atoms with Crippen molar-refractivity contribution in [2.75, 3.05) is 11.1 Å². The number of nitrogens with zero attached hydrogens (tertiary/aromatic N) is 5. The highest BCUT2D eigenvalue weighted by Crippen LogP contribution is 2.32. The van der Waals surface area contributed by atoms with Crippen LogP contribution in [0.15, 0.2) is 72.0 Å². The summed E-state index contributed by atoms with van der Waals surface area (Å²) in [4.78, 5) is 12.8. The lowest BCUT2D eigenvalue weighted by molar-refractivity contribution is -0.113. The van der Waals surface area contributed by atoms with Gasteiger partial charge in [0, 0.05) is 22.3 Å². The fourth-order valence-corrected chi connectivity index (χ4v) is 5.00. The smallest absolute Gasteiger partial charge is 0.235 e. The standard InChI is InChI=1S/C24H23ClN6OS/c25-18-10-12-19(13-11-18)30-23(17-6-2-1-3-7-17)28-29-24(30)33-16-22(32)27-21-14-15-26-31(21)20-8-4-5-9-20/h1-3,6-7,10-15,20H,4-5,8-9,16H2,(H,27,32). The zero-order valence-electron chi connectivity index (χ0n) is 17.9. The molecule has 1 amide bonds. The van der Waals surface area contributed by atoms with Crippen LogP contribution in [0.3, 0.4) is 0 Å². The normalized spacial score (nSPS) is 14.0. The molecule has 2 heterocycles. The lowest BCUT2D eigenvalue weighted by atomic mass is 10.2.